The number of nitriles is 1. The number of anilines is 2. The molecule has 2 aromatic carbocycles. The first-order valence-corrected chi connectivity index (χ1v) is 8.74. The number of benzene rings is 2. The van der Waals surface area contributed by atoms with Crippen molar-refractivity contribution >= 4 is 23.2 Å². The highest BCUT2D eigenvalue weighted by Crippen LogP contribution is 2.32. The van der Waals surface area contributed by atoms with E-state index in [1.165, 1.54) is 0 Å². The molecule has 1 saturated heterocycles. The van der Waals surface area contributed by atoms with Crippen molar-refractivity contribution in [1.82, 2.24) is 0 Å². The van der Waals surface area contributed by atoms with Gasteiger partial charge < -0.3 is 10.2 Å². The minimum absolute atomic E-state index is 0.0391. The minimum Gasteiger partial charge on any atom is -0.325 e. The van der Waals surface area contributed by atoms with Gasteiger partial charge in [-0.25, -0.2) is 0 Å². The molecule has 1 aliphatic rings. The van der Waals surface area contributed by atoms with Crippen LogP contribution in [0.5, 0.6) is 0 Å². The molecule has 5 heteroatoms. The molecular formula is C21H21N3O2. The van der Waals surface area contributed by atoms with Crippen LogP contribution in [0.15, 0.2) is 42.5 Å². The van der Waals surface area contributed by atoms with Crippen molar-refractivity contribution in [3.05, 3.63) is 59.2 Å². The zero-order valence-electron chi connectivity index (χ0n) is 15.0. The second-order valence-electron chi connectivity index (χ2n) is 6.49. The zero-order valence-corrected chi connectivity index (χ0v) is 15.0. The molecule has 5 nitrogen and oxygen atoms in total. The van der Waals surface area contributed by atoms with Gasteiger partial charge in [-0.15, -0.1) is 0 Å². The molecule has 26 heavy (non-hydrogen) atoms. The number of hydrogen-bond donors (Lipinski definition) is 1. The average Bonchev–Trinajstić information content (AvgIpc) is 3.03. The van der Waals surface area contributed by atoms with E-state index in [4.69, 9.17) is 5.26 Å². The standard InChI is InChI=1S/C21H21N3O2/c1-3-15-9-6-7-14(2)20(15)24-13-17(11-19(24)25)21(26)23-18-10-5-4-8-16(18)12-22/h4-10,17H,3,11,13H2,1-2H3,(H,23,26). The summed E-state index contributed by atoms with van der Waals surface area (Å²) in [7, 11) is 0. The van der Waals surface area contributed by atoms with Gasteiger partial charge >= 0.3 is 0 Å². The quantitative estimate of drug-likeness (QED) is 0.921. The molecular weight excluding hydrogens is 326 g/mol. The Labute approximate surface area is 153 Å². The van der Waals surface area contributed by atoms with Gasteiger partial charge in [0.05, 0.1) is 17.2 Å². The number of carbonyl (C=O) groups is 2. The van der Waals surface area contributed by atoms with E-state index in [1.807, 2.05) is 25.1 Å². The molecule has 1 N–H and O–H groups in total. The third-order valence-corrected chi connectivity index (χ3v) is 4.77. The summed E-state index contributed by atoms with van der Waals surface area (Å²) < 4.78 is 0. The van der Waals surface area contributed by atoms with E-state index >= 15 is 0 Å². The van der Waals surface area contributed by atoms with Gasteiger partial charge in [-0.2, -0.15) is 5.26 Å². The highest BCUT2D eigenvalue weighted by molar-refractivity contribution is 6.04. The number of rotatable bonds is 4. The molecule has 0 radical (unpaired) electrons. The van der Waals surface area contributed by atoms with Gasteiger partial charge in [-0.05, 0) is 36.6 Å². The highest BCUT2D eigenvalue weighted by atomic mass is 16.2. The Morgan fingerprint density at radius 3 is 2.77 bits per heavy atom. The number of amides is 2. The fourth-order valence-corrected chi connectivity index (χ4v) is 3.41. The Morgan fingerprint density at radius 2 is 2.04 bits per heavy atom. The minimum atomic E-state index is -0.432. The van der Waals surface area contributed by atoms with Crippen molar-refractivity contribution in [2.75, 3.05) is 16.8 Å². The molecule has 0 bridgehead atoms. The molecule has 2 amide bonds. The predicted octanol–water partition coefficient (Wildman–Crippen LogP) is 3.42. The summed E-state index contributed by atoms with van der Waals surface area (Å²) in [4.78, 5) is 27.0. The first-order valence-electron chi connectivity index (χ1n) is 8.74. The van der Waals surface area contributed by atoms with Crippen molar-refractivity contribution in [3.8, 4) is 6.07 Å². The van der Waals surface area contributed by atoms with E-state index in [0.29, 0.717) is 17.8 Å². The monoisotopic (exact) mass is 347 g/mol. The molecule has 1 unspecified atom stereocenters. The van der Waals surface area contributed by atoms with E-state index < -0.39 is 5.92 Å². The topological polar surface area (TPSA) is 73.2 Å². The van der Waals surface area contributed by atoms with E-state index in [-0.39, 0.29) is 18.2 Å². The lowest BCUT2D eigenvalue weighted by Gasteiger charge is -2.22. The molecule has 0 aliphatic carbocycles. The van der Waals surface area contributed by atoms with Gasteiger partial charge in [-0.3, -0.25) is 9.59 Å². The fourth-order valence-electron chi connectivity index (χ4n) is 3.41. The summed E-state index contributed by atoms with van der Waals surface area (Å²) in [5.74, 6) is -0.698. The van der Waals surface area contributed by atoms with Crippen LogP contribution in [0.25, 0.3) is 0 Å². The van der Waals surface area contributed by atoms with Gasteiger partial charge in [-0.1, -0.05) is 37.3 Å². The SMILES string of the molecule is CCc1cccc(C)c1N1CC(C(=O)Nc2ccccc2C#N)CC1=O. The van der Waals surface area contributed by atoms with Crippen LogP contribution in [0.3, 0.4) is 0 Å². The molecule has 0 spiro atoms. The summed E-state index contributed by atoms with van der Waals surface area (Å²) >= 11 is 0. The Bertz CT molecular complexity index is 898. The number of carbonyl (C=O) groups excluding carboxylic acids is 2. The lowest BCUT2D eigenvalue weighted by molar-refractivity contribution is -0.122. The molecule has 2 aromatic rings. The van der Waals surface area contributed by atoms with Gasteiger partial charge in [0.2, 0.25) is 11.8 Å². The van der Waals surface area contributed by atoms with Crippen LogP contribution in [0.1, 0.15) is 30.0 Å². The lowest BCUT2D eigenvalue weighted by Crippen LogP contribution is -2.29. The van der Waals surface area contributed by atoms with Crippen LogP contribution < -0.4 is 10.2 Å². The van der Waals surface area contributed by atoms with Crippen molar-refractivity contribution in [2.24, 2.45) is 5.92 Å². The fraction of sp³-hybridized carbons (Fsp3) is 0.286. The van der Waals surface area contributed by atoms with Crippen molar-refractivity contribution in [1.29, 1.82) is 5.26 Å². The number of hydrogen-bond acceptors (Lipinski definition) is 3. The van der Waals surface area contributed by atoms with Crippen LogP contribution in [0.2, 0.25) is 0 Å². The van der Waals surface area contributed by atoms with Crippen LogP contribution in [-0.4, -0.2) is 18.4 Å². The number of nitrogens with zero attached hydrogens (tertiary/aromatic N) is 2. The number of aryl methyl sites for hydroxylation is 2. The van der Waals surface area contributed by atoms with E-state index in [2.05, 4.69) is 18.3 Å². The predicted molar refractivity (Wildman–Crippen MR) is 101 cm³/mol. The van der Waals surface area contributed by atoms with Gasteiger partial charge in [0.1, 0.15) is 6.07 Å². The third kappa shape index (κ3) is 3.31. The summed E-state index contributed by atoms with van der Waals surface area (Å²) in [5, 5.41) is 12.0. The summed E-state index contributed by atoms with van der Waals surface area (Å²) in [5.41, 5.74) is 3.96. The zero-order chi connectivity index (χ0) is 18.7. The largest absolute Gasteiger partial charge is 0.325 e. The first kappa shape index (κ1) is 17.7. The van der Waals surface area contributed by atoms with Crippen molar-refractivity contribution in [3.63, 3.8) is 0 Å². The highest BCUT2D eigenvalue weighted by Gasteiger charge is 2.36. The maximum absolute atomic E-state index is 12.6. The Hall–Kier alpha value is -3.13. The van der Waals surface area contributed by atoms with Crippen LogP contribution in [-0.2, 0) is 16.0 Å². The number of para-hydroxylation sites is 2. The number of nitrogens with one attached hydrogen (secondary N) is 1. The van der Waals surface area contributed by atoms with Crippen molar-refractivity contribution in [2.45, 2.75) is 26.7 Å². The lowest BCUT2D eigenvalue weighted by atomic mass is 10.0. The maximum Gasteiger partial charge on any atom is 0.229 e. The second kappa shape index (κ2) is 7.40. The van der Waals surface area contributed by atoms with Gasteiger partial charge in [0.25, 0.3) is 0 Å². The molecule has 3 rings (SSSR count). The molecule has 1 heterocycles. The van der Waals surface area contributed by atoms with Gasteiger partial charge in [0, 0.05) is 18.7 Å². The first-order chi connectivity index (χ1) is 12.5. The third-order valence-electron chi connectivity index (χ3n) is 4.77. The second-order valence-corrected chi connectivity index (χ2v) is 6.49. The molecule has 0 saturated carbocycles. The van der Waals surface area contributed by atoms with E-state index in [9.17, 15) is 9.59 Å². The van der Waals surface area contributed by atoms with E-state index in [0.717, 1.165) is 23.2 Å². The maximum atomic E-state index is 12.6. The summed E-state index contributed by atoms with van der Waals surface area (Å²) in [6.45, 7) is 4.40. The van der Waals surface area contributed by atoms with Crippen LogP contribution in [0, 0.1) is 24.2 Å². The van der Waals surface area contributed by atoms with Crippen molar-refractivity contribution < 1.29 is 9.59 Å². The molecule has 1 aliphatic heterocycles. The molecule has 1 atom stereocenters. The van der Waals surface area contributed by atoms with Gasteiger partial charge in [0.15, 0.2) is 0 Å². The summed E-state index contributed by atoms with van der Waals surface area (Å²) in [6, 6.07) is 14.9. The Kier molecular flexibility index (Phi) is 5.04. The molecule has 0 aromatic heterocycles. The Balaban J connectivity index is 1.80. The van der Waals surface area contributed by atoms with E-state index in [1.54, 1.807) is 29.2 Å². The average molecular weight is 347 g/mol. The Morgan fingerprint density at radius 1 is 1.27 bits per heavy atom. The summed E-state index contributed by atoms with van der Waals surface area (Å²) in [6.07, 6.45) is 1.01. The van der Waals surface area contributed by atoms with Crippen LogP contribution >= 0.6 is 0 Å². The molecule has 132 valence electrons. The molecule has 1 fully saturated rings. The smallest absolute Gasteiger partial charge is 0.229 e. The normalized spacial score (nSPS) is 16.4. The van der Waals surface area contributed by atoms with Crippen LogP contribution in [0.4, 0.5) is 11.4 Å².